The fourth-order valence-electron chi connectivity index (χ4n) is 1.59. The summed E-state index contributed by atoms with van der Waals surface area (Å²) in [6, 6.07) is 5.53. The second kappa shape index (κ2) is 6.57. The molecule has 4 heteroatoms. The van der Waals surface area contributed by atoms with Gasteiger partial charge in [-0.3, -0.25) is 4.79 Å². The first-order valence-corrected chi connectivity index (χ1v) is 6.16. The molecular weight excluding hydrogens is 282 g/mol. The molecule has 1 aromatic rings. The van der Waals surface area contributed by atoms with Gasteiger partial charge in [-0.15, -0.1) is 6.58 Å². The Kier molecular flexibility index (Phi) is 5.38. The van der Waals surface area contributed by atoms with E-state index in [1.54, 1.807) is 17.0 Å². The Hall–Kier alpha value is -1.13. The van der Waals surface area contributed by atoms with Crippen molar-refractivity contribution in [2.45, 2.75) is 6.92 Å². The molecule has 0 atom stereocenters. The van der Waals surface area contributed by atoms with E-state index in [-0.39, 0.29) is 12.5 Å². The molecule has 0 aliphatic rings. The van der Waals surface area contributed by atoms with Crippen molar-refractivity contribution >= 4 is 21.8 Å². The Labute approximate surface area is 110 Å². The van der Waals surface area contributed by atoms with E-state index in [1.165, 1.54) is 0 Å². The van der Waals surface area contributed by atoms with E-state index in [4.69, 9.17) is 5.11 Å². The summed E-state index contributed by atoms with van der Waals surface area (Å²) in [4.78, 5) is 13.8. The van der Waals surface area contributed by atoms with Crippen molar-refractivity contribution in [2.75, 3.05) is 19.7 Å². The molecule has 1 amide bonds. The predicted octanol–water partition coefficient (Wildman–Crippen LogP) is 2.38. The molecule has 1 N–H and O–H groups in total. The predicted molar refractivity (Wildman–Crippen MR) is 72.1 cm³/mol. The number of aliphatic hydroxyl groups excluding tert-OH is 1. The van der Waals surface area contributed by atoms with E-state index in [0.717, 1.165) is 10.0 Å². The summed E-state index contributed by atoms with van der Waals surface area (Å²) in [5, 5.41) is 8.94. The molecule has 0 saturated carbocycles. The van der Waals surface area contributed by atoms with E-state index in [1.807, 2.05) is 19.1 Å². The average molecular weight is 298 g/mol. The standard InChI is InChI=1S/C13H16BrNO2/c1-3-6-15(7-8-16)13(17)12-5-4-11(14)9-10(12)2/h3-5,9,16H,1,6-8H2,2H3. The van der Waals surface area contributed by atoms with E-state index in [9.17, 15) is 4.79 Å². The first-order chi connectivity index (χ1) is 8.10. The first kappa shape index (κ1) is 13.9. The lowest BCUT2D eigenvalue weighted by molar-refractivity contribution is 0.0742. The molecule has 0 radical (unpaired) electrons. The summed E-state index contributed by atoms with van der Waals surface area (Å²) in [6.07, 6.45) is 1.65. The molecule has 0 saturated heterocycles. The summed E-state index contributed by atoms with van der Waals surface area (Å²) in [5.41, 5.74) is 1.57. The lowest BCUT2D eigenvalue weighted by Crippen LogP contribution is -2.34. The number of amides is 1. The molecule has 0 unspecified atom stereocenters. The van der Waals surface area contributed by atoms with Crippen LogP contribution in [0, 0.1) is 6.92 Å². The van der Waals surface area contributed by atoms with Crippen molar-refractivity contribution in [1.29, 1.82) is 0 Å². The van der Waals surface area contributed by atoms with Gasteiger partial charge < -0.3 is 10.0 Å². The molecule has 3 nitrogen and oxygen atoms in total. The third-order valence-electron chi connectivity index (χ3n) is 2.43. The minimum atomic E-state index is -0.0797. The topological polar surface area (TPSA) is 40.5 Å². The van der Waals surface area contributed by atoms with Gasteiger partial charge in [-0.05, 0) is 30.7 Å². The molecule has 0 aliphatic carbocycles. The van der Waals surface area contributed by atoms with Crippen molar-refractivity contribution in [3.05, 3.63) is 46.5 Å². The van der Waals surface area contributed by atoms with Crippen LogP contribution in [0.3, 0.4) is 0 Å². The molecule has 17 heavy (non-hydrogen) atoms. The number of hydrogen-bond acceptors (Lipinski definition) is 2. The number of benzene rings is 1. The van der Waals surface area contributed by atoms with Gasteiger partial charge in [-0.2, -0.15) is 0 Å². The molecule has 1 aromatic carbocycles. The molecule has 0 spiro atoms. The van der Waals surface area contributed by atoms with Crippen LogP contribution in [0.5, 0.6) is 0 Å². The van der Waals surface area contributed by atoms with Gasteiger partial charge in [0.15, 0.2) is 0 Å². The van der Waals surface area contributed by atoms with Gasteiger partial charge in [0.1, 0.15) is 0 Å². The van der Waals surface area contributed by atoms with E-state index >= 15 is 0 Å². The average Bonchev–Trinajstić information content (AvgIpc) is 2.28. The lowest BCUT2D eigenvalue weighted by Gasteiger charge is -2.21. The number of aryl methyl sites for hydroxylation is 1. The number of carbonyl (C=O) groups is 1. The first-order valence-electron chi connectivity index (χ1n) is 5.37. The van der Waals surface area contributed by atoms with E-state index in [2.05, 4.69) is 22.5 Å². The Morgan fingerprint density at radius 2 is 2.29 bits per heavy atom. The Bertz CT molecular complexity index is 418. The summed E-state index contributed by atoms with van der Waals surface area (Å²) in [7, 11) is 0. The summed E-state index contributed by atoms with van der Waals surface area (Å²) in [6.45, 7) is 6.22. The third kappa shape index (κ3) is 3.68. The van der Waals surface area contributed by atoms with E-state index in [0.29, 0.717) is 18.7 Å². The highest BCUT2D eigenvalue weighted by Gasteiger charge is 2.15. The van der Waals surface area contributed by atoms with Crippen LogP contribution in [0.1, 0.15) is 15.9 Å². The highest BCUT2D eigenvalue weighted by Crippen LogP contribution is 2.17. The Balaban J connectivity index is 2.96. The molecule has 0 aliphatic heterocycles. The highest BCUT2D eigenvalue weighted by molar-refractivity contribution is 9.10. The smallest absolute Gasteiger partial charge is 0.254 e. The number of rotatable bonds is 5. The monoisotopic (exact) mass is 297 g/mol. The van der Waals surface area contributed by atoms with Crippen LogP contribution in [0.2, 0.25) is 0 Å². The van der Waals surface area contributed by atoms with E-state index < -0.39 is 0 Å². The van der Waals surface area contributed by atoms with Gasteiger partial charge in [-0.25, -0.2) is 0 Å². The van der Waals surface area contributed by atoms with Crippen LogP contribution in [-0.2, 0) is 0 Å². The molecule has 0 aromatic heterocycles. The van der Waals surface area contributed by atoms with Gasteiger partial charge in [-0.1, -0.05) is 22.0 Å². The normalized spacial score (nSPS) is 10.1. The summed E-state index contributed by atoms with van der Waals surface area (Å²) < 4.78 is 0.948. The van der Waals surface area contributed by atoms with Crippen LogP contribution in [0.25, 0.3) is 0 Å². The molecule has 92 valence electrons. The molecule has 0 heterocycles. The maximum Gasteiger partial charge on any atom is 0.254 e. The van der Waals surface area contributed by atoms with Gasteiger partial charge >= 0.3 is 0 Å². The van der Waals surface area contributed by atoms with Crippen LogP contribution in [0.4, 0.5) is 0 Å². The Morgan fingerprint density at radius 1 is 1.59 bits per heavy atom. The maximum absolute atomic E-state index is 12.2. The lowest BCUT2D eigenvalue weighted by atomic mass is 10.1. The number of halogens is 1. The fraction of sp³-hybridized carbons (Fsp3) is 0.308. The molecule has 0 bridgehead atoms. The number of nitrogens with zero attached hydrogens (tertiary/aromatic N) is 1. The molecule has 1 rings (SSSR count). The zero-order valence-corrected chi connectivity index (χ0v) is 11.4. The Morgan fingerprint density at radius 3 is 2.82 bits per heavy atom. The second-order valence-electron chi connectivity index (χ2n) is 3.72. The third-order valence-corrected chi connectivity index (χ3v) is 2.92. The van der Waals surface area contributed by atoms with Crippen molar-refractivity contribution in [3.63, 3.8) is 0 Å². The fourth-order valence-corrected chi connectivity index (χ4v) is 2.07. The SMILES string of the molecule is C=CCN(CCO)C(=O)c1ccc(Br)cc1C. The highest BCUT2D eigenvalue weighted by atomic mass is 79.9. The minimum Gasteiger partial charge on any atom is -0.395 e. The number of hydrogen-bond donors (Lipinski definition) is 1. The minimum absolute atomic E-state index is 0.0465. The van der Waals surface area contributed by atoms with Crippen LogP contribution < -0.4 is 0 Å². The maximum atomic E-state index is 12.2. The van der Waals surface area contributed by atoms with Crippen molar-refractivity contribution in [1.82, 2.24) is 4.90 Å². The van der Waals surface area contributed by atoms with Gasteiger partial charge in [0, 0.05) is 23.1 Å². The summed E-state index contributed by atoms with van der Waals surface area (Å²) in [5.74, 6) is -0.0797. The van der Waals surface area contributed by atoms with Crippen molar-refractivity contribution in [3.8, 4) is 0 Å². The van der Waals surface area contributed by atoms with Crippen molar-refractivity contribution < 1.29 is 9.90 Å². The number of carbonyl (C=O) groups excluding carboxylic acids is 1. The number of aliphatic hydroxyl groups is 1. The zero-order chi connectivity index (χ0) is 12.8. The second-order valence-corrected chi connectivity index (χ2v) is 4.64. The van der Waals surface area contributed by atoms with Gasteiger partial charge in [0.05, 0.1) is 6.61 Å². The summed E-state index contributed by atoms with van der Waals surface area (Å²) >= 11 is 3.36. The van der Waals surface area contributed by atoms with Crippen molar-refractivity contribution in [2.24, 2.45) is 0 Å². The molecule has 0 fully saturated rings. The van der Waals surface area contributed by atoms with Crippen LogP contribution >= 0.6 is 15.9 Å². The van der Waals surface area contributed by atoms with Gasteiger partial charge in [0.25, 0.3) is 5.91 Å². The van der Waals surface area contributed by atoms with Crippen LogP contribution in [0.15, 0.2) is 35.3 Å². The van der Waals surface area contributed by atoms with Crippen LogP contribution in [-0.4, -0.2) is 35.6 Å². The zero-order valence-electron chi connectivity index (χ0n) is 9.82. The largest absolute Gasteiger partial charge is 0.395 e. The molecular formula is C13H16BrNO2. The van der Waals surface area contributed by atoms with Gasteiger partial charge in [0.2, 0.25) is 0 Å². The quantitative estimate of drug-likeness (QED) is 0.848.